The van der Waals surface area contributed by atoms with Gasteiger partial charge in [0, 0.05) is 10.7 Å². The van der Waals surface area contributed by atoms with Crippen LogP contribution in [-0.2, 0) is 4.74 Å². The van der Waals surface area contributed by atoms with Crippen LogP contribution in [0.2, 0.25) is 5.02 Å². The third-order valence-electron chi connectivity index (χ3n) is 3.33. The van der Waals surface area contributed by atoms with Gasteiger partial charge in [0.05, 0.1) is 18.4 Å². The number of methoxy groups -OCH3 is 1. The first-order valence-corrected chi connectivity index (χ1v) is 7.91. The highest BCUT2D eigenvalue weighted by Gasteiger charge is 2.13. The Bertz CT molecular complexity index is 933. The normalized spacial score (nSPS) is 10.2. The van der Waals surface area contributed by atoms with Gasteiger partial charge in [-0.25, -0.2) is 4.79 Å². The molecule has 0 aliphatic rings. The fraction of sp³-hybridized carbons (Fsp3) is 0.0588. The molecule has 0 bridgehead atoms. The summed E-state index contributed by atoms with van der Waals surface area (Å²) >= 11 is 5.87. The Morgan fingerprint density at radius 1 is 1.00 bits per heavy atom. The van der Waals surface area contributed by atoms with Gasteiger partial charge < -0.3 is 21.1 Å². The van der Waals surface area contributed by atoms with E-state index in [0.717, 1.165) is 5.69 Å². The van der Waals surface area contributed by atoms with Crippen molar-refractivity contribution in [3.8, 4) is 0 Å². The minimum atomic E-state index is -0.477. The first-order valence-electron chi connectivity index (χ1n) is 7.53. The van der Waals surface area contributed by atoms with Crippen molar-refractivity contribution in [2.75, 3.05) is 23.5 Å². The number of ether oxygens (including phenoxy) is 1. The molecule has 0 spiro atoms. The zero-order valence-corrected chi connectivity index (χ0v) is 14.5. The highest BCUT2D eigenvalue weighted by atomic mass is 35.5. The van der Waals surface area contributed by atoms with Crippen molar-refractivity contribution < 1.29 is 9.53 Å². The standard InChI is InChI=1S/C17H15ClN6O2/c1-26-14(25)12-4-2-3-5-13(12)21-17-23-15(19)22-16(24-17)20-11-8-6-10(18)7-9-11/h2-9H,1H3,(H4,19,20,21,22,23,24). The highest BCUT2D eigenvalue weighted by molar-refractivity contribution is 6.30. The number of halogens is 1. The Morgan fingerprint density at radius 2 is 1.65 bits per heavy atom. The number of carbonyl (C=O) groups is 1. The van der Waals surface area contributed by atoms with Crippen LogP contribution >= 0.6 is 11.6 Å². The topological polar surface area (TPSA) is 115 Å². The van der Waals surface area contributed by atoms with Crippen molar-refractivity contribution in [2.24, 2.45) is 0 Å². The molecule has 1 aromatic heterocycles. The molecule has 132 valence electrons. The molecule has 1 heterocycles. The zero-order chi connectivity index (χ0) is 18.5. The van der Waals surface area contributed by atoms with E-state index in [2.05, 4.69) is 25.6 Å². The highest BCUT2D eigenvalue weighted by Crippen LogP contribution is 2.22. The van der Waals surface area contributed by atoms with Crippen molar-refractivity contribution in [2.45, 2.75) is 0 Å². The molecule has 0 atom stereocenters. The van der Waals surface area contributed by atoms with Gasteiger partial charge in [-0.3, -0.25) is 0 Å². The average Bonchev–Trinajstić information content (AvgIpc) is 2.63. The number of nitrogens with one attached hydrogen (secondary N) is 2. The Hall–Kier alpha value is -3.39. The van der Waals surface area contributed by atoms with E-state index < -0.39 is 5.97 Å². The molecule has 0 saturated carbocycles. The van der Waals surface area contributed by atoms with Crippen LogP contribution in [0.4, 0.5) is 29.2 Å². The van der Waals surface area contributed by atoms with E-state index in [0.29, 0.717) is 16.3 Å². The van der Waals surface area contributed by atoms with E-state index in [1.54, 1.807) is 48.5 Å². The molecule has 3 aromatic rings. The molecular weight excluding hydrogens is 356 g/mol. The number of anilines is 5. The second-order valence-corrected chi connectivity index (χ2v) is 5.57. The predicted molar refractivity (Wildman–Crippen MR) is 100 cm³/mol. The number of para-hydroxylation sites is 1. The fourth-order valence-electron chi connectivity index (χ4n) is 2.17. The van der Waals surface area contributed by atoms with Crippen molar-refractivity contribution >= 4 is 46.8 Å². The van der Waals surface area contributed by atoms with E-state index in [4.69, 9.17) is 22.1 Å². The second-order valence-electron chi connectivity index (χ2n) is 5.13. The third kappa shape index (κ3) is 4.17. The summed E-state index contributed by atoms with van der Waals surface area (Å²) in [6, 6.07) is 13.9. The summed E-state index contributed by atoms with van der Waals surface area (Å²) < 4.78 is 4.77. The van der Waals surface area contributed by atoms with E-state index in [1.165, 1.54) is 7.11 Å². The van der Waals surface area contributed by atoms with Crippen LogP contribution in [0.5, 0.6) is 0 Å². The lowest BCUT2D eigenvalue weighted by Crippen LogP contribution is -2.09. The molecule has 9 heteroatoms. The first kappa shape index (κ1) is 17.4. The Kier molecular flexibility index (Phi) is 5.14. The number of hydrogen-bond donors (Lipinski definition) is 3. The van der Waals surface area contributed by atoms with E-state index in [1.807, 2.05) is 0 Å². The molecule has 3 rings (SSSR count). The second kappa shape index (κ2) is 7.66. The predicted octanol–water partition coefficient (Wildman–Crippen LogP) is 3.38. The quantitative estimate of drug-likeness (QED) is 0.585. The van der Waals surface area contributed by atoms with Gasteiger partial charge in [0.15, 0.2) is 0 Å². The van der Waals surface area contributed by atoms with Gasteiger partial charge >= 0.3 is 5.97 Å². The van der Waals surface area contributed by atoms with Crippen LogP contribution in [0.15, 0.2) is 48.5 Å². The van der Waals surface area contributed by atoms with Gasteiger partial charge in [0.1, 0.15) is 0 Å². The summed E-state index contributed by atoms with van der Waals surface area (Å²) in [4.78, 5) is 24.2. The minimum Gasteiger partial charge on any atom is -0.465 e. The summed E-state index contributed by atoms with van der Waals surface area (Å²) in [5.41, 5.74) is 7.33. The molecular formula is C17H15ClN6O2. The number of rotatable bonds is 5. The molecule has 26 heavy (non-hydrogen) atoms. The maximum Gasteiger partial charge on any atom is 0.339 e. The van der Waals surface area contributed by atoms with Gasteiger partial charge in [-0.1, -0.05) is 23.7 Å². The summed E-state index contributed by atoms with van der Waals surface area (Å²) in [6.45, 7) is 0. The lowest BCUT2D eigenvalue weighted by Gasteiger charge is -2.11. The molecule has 0 saturated heterocycles. The Morgan fingerprint density at radius 3 is 2.35 bits per heavy atom. The van der Waals surface area contributed by atoms with E-state index >= 15 is 0 Å². The average molecular weight is 371 g/mol. The summed E-state index contributed by atoms with van der Waals surface area (Å²) in [6.07, 6.45) is 0. The molecule has 8 nitrogen and oxygen atoms in total. The summed E-state index contributed by atoms with van der Waals surface area (Å²) in [5, 5.41) is 6.59. The SMILES string of the molecule is COC(=O)c1ccccc1Nc1nc(N)nc(Nc2ccc(Cl)cc2)n1. The smallest absolute Gasteiger partial charge is 0.339 e. The number of aromatic nitrogens is 3. The van der Waals surface area contributed by atoms with Crippen molar-refractivity contribution in [1.29, 1.82) is 0 Å². The third-order valence-corrected chi connectivity index (χ3v) is 3.58. The van der Waals surface area contributed by atoms with Gasteiger partial charge in [-0.15, -0.1) is 0 Å². The Labute approximate surface area is 154 Å². The van der Waals surface area contributed by atoms with E-state index in [9.17, 15) is 4.79 Å². The molecule has 0 aliphatic carbocycles. The van der Waals surface area contributed by atoms with Crippen LogP contribution in [0.1, 0.15) is 10.4 Å². The van der Waals surface area contributed by atoms with Gasteiger partial charge in [0.2, 0.25) is 17.8 Å². The zero-order valence-electron chi connectivity index (χ0n) is 13.7. The largest absolute Gasteiger partial charge is 0.465 e. The van der Waals surface area contributed by atoms with Crippen molar-refractivity contribution in [3.05, 3.63) is 59.1 Å². The van der Waals surface area contributed by atoms with Crippen LogP contribution < -0.4 is 16.4 Å². The van der Waals surface area contributed by atoms with Crippen LogP contribution in [0.3, 0.4) is 0 Å². The lowest BCUT2D eigenvalue weighted by atomic mass is 10.2. The maximum atomic E-state index is 11.9. The minimum absolute atomic E-state index is 0.0227. The number of nitrogen functional groups attached to an aromatic ring is 1. The van der Waals surface area contributed by atoms with Crippen LogP contribution in [-0.4, -0.2) is 28.0 Å². The molecule has 0 fully saturated rings. The number of hydrogen-bond acceptors (Lipinski definition) is 8. The molecule has 0 radical (unpaired) electrons. The lowest BCUT2D eigenvalue weighted by molar-refractivity contribution is 0.0602. The number of benzene rings is 2. The molecule has 0 amide bonds. The first-order chi connectivity index (χ1) is 12.5. The van der Waals surface area contributed by atoms with Crippen LogP contribution in [0, 0.1) is 0 Å². The summed E-state index contributed by atoms with van der Waals surface area (Å²) in [5.74, 6) is -0.0210. The van der Waals surface area contributed by atoms with Crippen molar-refractivity contribution in [3.63, 3.8) is 0 Å². The van der Waals surface area contributed by atoms with E-state index in [-0.39, 0.29) is 17.8 Å². The Balaban J connectivity index is 1.87. The molecule has 2 aromatic carbocycles. The number of esters is 1. The van der Waals surface area contributed by atoms with Gasteiger partial charge in [-0.2, -0.15) is 15.0 Å². The molecule has 4 N–H and O–H groups in total. The number of carbonyl (C=O) groups excluding carboxylic acids is 1. The number of nitrogens with two attached hydrogens (primary N) is 1. The van der Waals surface area contributed by atoms with Crippen molar-refractivity contribution in [1.82, 2.24) is 15.0 Å². The van der Waals surface area contributed by atoms with Gasteiger partial charge in [0.25, 0.3) is 0 Å². The fourth-order valence-corrected chi connectivity index (χ4v) is 2.29. The molecule has 0 unspecified atom stereocenters. The molecule has 0 aliphatic heterocycles. The number of nitrogens with zero attached hydrogens (tertiary/aromatic N) is 3. The van der Waals surface area contributed by atoms with Gasteiger partial charge in [-0.05, 0) is 36.4 Å². The van der Waals surface area contributed by atoms with Crippen LogP contribution in [0.25, 0.3) is 0 Å². The monoisotopic (exact) mass is 370 g/mol. The maximum absolute atomic E-state index is 11.9. The summed E-state index contributed by atoms with van der Waals surface area (Å²) in [7, 11) is 1.31.